The minimum Gasteiger partial charge on any atom is -0.461 e. The van der Waals surface area contributed by atoms with Crippen LogP contribution in [0.4, 0.5) is 0 Å². The number of ether oxygens (including phenoxy) is 4. The molecule has 0 saturated carbocycles. The zero-order chi connectivity index (χ0) is 17.9. The van der Waals surface area contributed by atoms with Crippen LogP contribution in [0.25, 0.3) is 0 Å². The molecule has 7 heteroatoms. The predicted molar refractivity (Wildman–Crippen MR) is 88.1 cm³/mol. The van der Waals surface area contributed by atoms with Crippen LogP contribution in [-0.2, 0) is 30.3 Å². The van der Waals surface area contributed by atoms with Crippen LogP contribution in [-0.4, -0.2) is 49.0 Å². The van der Waals surface area contributed by atoms with E-state index in [1.165, 1.54) is 0 Å². The molecule has 3 heterocycles. The van der Waals surface area contributed by atoms with E-state index in [0.29, 0.717) is 19.8 Å². The number of fused-ring (bicyclic) bond motifs is 3. The largest absolute Gasteiger partial charge is 0.461 e. The molecule has 4 rings (SSSR count). The van der Waals surface area contributed by atoms with Gasteiger partial charge in [-0.2, -0.15) is 0 Å². The van der Waals surface area contributed by atoms with Gasteiger partial charge in [0.15, 0.2) is 0 Å². The molecule has 2 atom stereocenters. The highest BCUT2D eigenvalue weighted by Gasteiger charge is 2.55. The molecule has 138 valence electrons. The van der Waals surface area contributed by atoms with E-state index in [9.17, 15) is 9.90 Å². The lowest BCUT2D eigenvalue weighted by atomic mass is 9.90. The summed E-state index contributed by atoms with van der Waals surface area (Å²) in [6.45, 7) is 3.60. The standard InChI is InChI=1S/C18H25NO6/c1-17-10-23-18(24-11-17,25-12-17)16(19)14(20)7-8-15(21)22-9-13-5-3-2-4-6-13/h2-6,14,16,20H,7-12,19H2,1H3/t14-,16-,17?,18?/m0/s1. The van der Waals surface area contributed by atoms with E-state index in [1.54, 1.807) is 0 Å². The summed E-state index contributed by atoms with van der Waals surface area (Å²) in [7, 11) is 0. The fraction of sp³-hybridized carbons (Fsp3) is 0.611. The third kappa shape index (κ3) is 4.19. The third-order valence-corrected chi connectivity index (χ3v) is 4.58. The van der Waals surface area contributed by atoms with Gasteiger partial charge in [-0.1, -0.05) is 37.3 Å². The van der Waals surface area contributed by atoms with Gasteiger partial charge < -0.3 is 29.8 Å². The zero-order valence-corrected chi connectivity index (χ0v) is 14.3. The highest BCUT2D eigenvalue weighted by atomic mass is 16.9. The van der Waals surface area contributed by atoms with E-state index < -0.39 is 24.1 Å². The topological polar surface area (TPSA) is 100 Å². The van der Waals surface area contributed by atoms with Gasteiger partial charge in [-0.25, -0.2) is 0 Å². The first kappa shape index (κ1) is 18.3. The number of aliphatic hydroxyl groups is 1. The molecule has 2 bridgehead atoms. The van der Waals surface area contributed by atoms with Crippen molar-refractivity contribution in [3.8, 4) is 0 Å². The average Bonchev–Trinajstić information content (AvgIpc) is 2.65. The molecular formula is C18H25NO6. The minimum absolute atomic E-state index is 0.0511. The molecular weight excluding hydrogens is 326 g/mol. The van der Waals surface area contributed by atoms with Crippen molar-refractivity contribution in [2.75, 3.05) is 19.8 Å². The Hall–Kier alpha value is -1.51. The molecule has 3 aliphatic heterocycles. The molecule has 25 heavy (non-hydrogen) atoms. The summed E-state index contributed by atoms with van der Waals surface area (Å²) in [5.74, 6) is -1.82. The van der Waals surface area contributed by atoms with E-state index in [0.717, 1.165) is 5.56 Å². The smallest absolute Gasteiger partial charge is 0.306 e. The number of hydrogen-bond donors (Lipinski definition) is 2. The van der Waals surface area contributed by atoms with E-state index >= 15 is 0 Å². The summed E-state index contributed by atoms with van der Waals surface area (Å²) in [6.07, 6.45) is -0.814. The summed E-state index contributed by atoms with van der Waals surface area (Å²) in [4.78, 5) is 11.9. The fourth-order valence-electron chi connectivity index (χ4n) is 2.85. The van der Waals surface area contributed by atoms with Crippen molar-refractivity contribution < 1.29 is 28.8 Å². The van der Waals surface area contributed by atoms with Crippen molar-refractivity contribution in [3.63, 3.8) is 0 Å². The first-order chi connectivity index (χ1) is 11.9. The summed E-state index contributed by atoms with van der Waals surface area (Å²) in [6, 6.07) is 8.51. The van der Waals surface area contributed by atoms with Crippen molar-refractivity contribution in [2.24, 2.45) is 11.1 Å². The van der Waals surface area contributed by atoms with Gasteiger partial charge in [-0.3, -0.25) is 4.79 Å². The summed E-state index contributed by atoms with van der Waals surface area (Å²) < 4.78 is 22.0. The zero-order valence-electron chi connectivity index (χ0n) is 14.3. The first-order valence-electron chi connectivity index (χ1n) is 8.48. The Morgan fingerprint density at radius 1 is 1.24 bits per heavy atom. The van der Waals surface area contributed by atoms with Gasteiger partial charge in [-0.05, 0) is 12.0 Å². The highest BCUT2D eigenvalue weighted by Crippen LogP contribution is 2.40. The number of aliphatic hydroxyl groups excluding tert-OH is 1. The maximum Gasteiger partial charge on any atom is 0.306 e. The van der Waals surface area contributed by atoms with Crippen LogP contribution in [0.1, 0.15) is 25.3 Å². The van der Waals surface area contributed by atoms with Gasteiger partial charge in [0.05, 0.1) is 25.9 Å². The molecule has 0 aliphatic carbocycles. The molecule has 3 N–H and O–H groups in total. The molecule has 0 spiro atoms. The molecule has 3 fully saturated rings. The van der Waals surface area contributed by atoms with Gasteiger partial charge in [-0.15, -0.1) is 0 Å². The number of benzene rings is 1. The molecule has 1 aromatic rings. The Labute approximate surface area is 147 Å². The monoisotopic (exact) mass is 351 g/mol. The van der Waals surface area contributed by atoms with Crippen LogP contribution < -0.4 is 5.73 Å². The molecule has 3 aliphatic rings. The average molecular weight is 351 g/mol. The maximum atomic E-state index is 11.9. The molecule has 3 saturated heterocycles. The molecule has 1 aromatic carbocycles. The van der Waals surface area contributed by atoms with Crippen molar-refractivity contribution >= 4 is 5.97 Å². The van der Waals surface area contributed by atoms with Crippen LogP contribution in [0.15, 0.2) is 30.3 Å². The number of rotatable bonds is 7. The molecule has 0 unspecified atom stereocenters. The Morgan fingerprint density at radius 3 is 2.44 bits per heavy atom. The lowest BCUT2D eigenvalue weighted by Gasteiger charge is -2.52. The van der Waals surface area contributed by atoms with Crippen LogP contribution in [0.3, 0.4) is 0 Å². The van der Waals surface area contributed by atoms with Gasteiger partial charge in [0.25, 0.3) is 0 Å². The van der Waals surface area contributed by atoms with Crippen molar-refractivity contribution in [2.45, 2.75) is 44.5 Å². The maximum absolute atomic E-state index is 11.9. The molecule has 0 radical (unpaired) electrons. The molecule has 7 nitrogen and oxygen atoms in total. The van der Waals surface area contributed by atoms with E-state index in [1.807, 2.05) is 37.3 Å². The summed E-state index contributed by atoms with van der Waals surface area (Å²) >= 11 is 0. The van der Waals surface area contributed by atoms with Crippen LogP contribution in [0.2, 0.25) is 0 Å². The second-order valence-electron chi connectivity index (χ2n) is 7.06. The van der Waals surface area contributed by atoms with Crippen molar-refractivity contribution in [1.82, 2.24) is 0 Å². The minimum atomic E-state index is -1.43. The lowest BCUT2D eigenvalue weighted by Crippen LogP contribution is -2.68. The number of hydrogen-bond acceptors (Lipinski definition) is 7. The normalized spacial score (nSPS) is 30.7. The number of carbonyl (C=O) groups is 1. The van der Waals surface area contributed by atoms with Crippen molar-refractivity contribution in [1.29, 1.82) is 0 Å². The fourth-order valence-corrected chi connectivity index (χ4v) is 2.85. The number of nitrogens with two attached hydrogens (primary N) is 1. The van der Waals surface area contributed by atoms with Crippen LogP contribution >= 0.6 is 0 Å². The highest BCUT2D eigenvalue weighted by molar-refractivity contribution is 5.69. The first-order valence-corrected chi connectivity index (χ1v) is 8.48. The van der Waals surface area contributed by atoms with Gasteiger partial charge in [0.1, 0.15) is 12.6 Å². The molecule has 0 amide bonds. The number of carbonyl (C=O) groups excluding carboxylic acids is 1. The summed E-state index contributed by atoms with van der Waals surface area (Å²) in [5.41, 5.74) is 6.82. The number of esters is 1. The lowest BCUT2D eigenvalue weighted by molar-refractivity contribution is -0.476. The Morgan fingerprint density at radius 2 is 1.84 bits per heavy atom. The van der Waals surface area contributed by atoms with Crippen LogP contribution in [0, 0.1) is 5.41 Å². The second kappa shape index (κ2) is 7.39. The van der Waals surface area contributed by atoms with E-state index in [-0.39, 0.29) is 24.9 Å². The molecule has 0 aromatic heterocycles. The SMILES string of the molecule is CC12COC([C@@H](N)[C@@H](O)CCC(=O)OCc3ccccc3)(OC1)OC2. The Balaban J connectivity index is 1.44. The van der Waals surface area contributed by atoms with E-state index in [2.05, 4.69) is 0 Å². The third-order valence-electron chi connectivity index (χ3n) is 4.58. The van der Waals surface area contributed by atoms with Crippen molar-refractivity contribution in [3.05, 3.63) is 35.9 Å². The van der Waals surface area contributed by atoms with E-state index in [4.69, 9.17) is 24.7 Å². The second-order valence-corrected chi connectivity index (χ2v) is 7.06. The Kier molecular flexibility index (Phi) is 5.41. The summed E-state index contributed by atoms with van der Waals surface area (Å²) in [5, 5.41) is 10.3. The predicted octanol–water partition coefficient (Wildman–Crippen LogP) is 0.935. The van der Waals surface area contributed by atoms with Crippen LogP contribution in [0.5, 0.6) is 0 Å². The Bertz CT molecular complexity index is 568. The van der Waals surface area contributed by atoms with Gasteiger partial charge in [0.2, 0.25) is 0 Å². The quantitative estimate of drug-likeness (QED) is 0.705. The van der Waals surface area contributed by atoms with Gasteiger partial charge >= 0.3 is 11.9 Å². The van der Waals surface area contributed by atoms with Gasteiger partial charge in [0, 0.05) is 11.8 Å².